The van der Waals surface area contributed by atoms with Crippen LogP contribution in [0.1, 0.15) is 37.7 Å². The van der Waals surface area contributed by atoms with Gasteiger partial charge in [0.2, 0.25) is 5.91 Å². The van der Waals surface area contributed by atoms with Gasteiger partial charge in [0.1, 0.15) is 0 Å². The molecule has 0 aliphatic carbocycles. The molecular formula is C15H21BrN2O. The number of nitrogens with zero attached hydrogens (tertiary/aromatic N) is 1. The van der Waals surface area contributed by atoms with Crippen molar-refractivity contribution < 1.29 is 4.79 Å². The topological polar surface area (TPSA) is 46.3 Å². The second-order valence-corrected chi connectivity index (χ2v) is 6.10. The van der Waals surface area contributed by atoms with E-state index in [-0.39, 0.29) is 17.9 Å². The number of hydrogen-bond acceptors (Lipinski definition) is 2. The average molecular weight is 325 g/mol. The van der Waals surface area contributed by atoms with E-state index in [0.717, 1.165) is 23.9 Å². The molecule has 0 radical (unpaired) electrons. The molecule has 0 saturated carbocycles. The molecule has 2 atom stereocenters. The number of nitrogens with two attached hydrogens (primary N) is 1. The van der Waals surface area contributed by atoms with Crippen molar-refractivity contribution in [2.45, 2.75) is 38.1 Å². The van der Waals surface area contributed by atoms with Crippen LogP contribution < -0.4 is 5.73 Å². The number of carbonyl (C=O) groups excluding carboxylic acids is 1. The molecule has 0 spiro atoms. The Labute approximate surface area is 123 Å². The molecule has 1 amide bonds. The van der Waals surface area contributed by atoms with Gasteiger partial charge in [-0.05, 0) is 30.4 Å². The van der Waals surface area contributed by atoms with E-state index in [0.29, 0.717) is 13.0 Å². The van der Waals surface area contributed by atoms with Gasteiger partial charge in [0, 0.05) is 30.0 Å². The average Bonchev–Trinajstić information content (AvgIpc) is 2.87. The molecule has 0 aromatic heterocycles. The zero-order valence-electron chi connectivity index (χ0n) is 11.3. The predicted octanol–water partition coefficient (Wildman–Crippen LogP) is 2.89. The van der Waals surface area contributed by atoms with Crippen molar-refractivity contribution in [2.24, 2.45) is 5.73 Å². The molecule has 1 aliphatic heterocycles. The van der Waals surface area contributed by atoms with E-state index in [1.807, 2.05) is 23.1 Å². The Morgan fingerprint density at radius 3 is 2.95 bits per heavy atom. The van der Waals surface area contributed by atoms with Crippen LogP contribution in [0.3, 0.4) is 0 Å². The van der Waals surface area contributed by atoms with E-state index in [4.69, 9.17) is 5.73 Å². The first-order chi connectivity index (χ1) is 9.13. The Bertz CT molecular complexity index is 450. The van der Waals surface area contributed by atoms with Crippen LogP contribution in [-0.4, -0.2) is 29.9 Å². The summed E-state index contributed by atoms with van der Waals surface area (Å²) in [6.45, 7) is 3.55. The third kappa shape index (κ3) is 3.37. The van der Waals surface area contributed by atoms with Gasteiger partial charge in [-0.1, -0.05) is 41.1 Å². The summed E-state index contributed by atoms with van der Waals surface area (Å²) in [5, 5.41) is 0. The Balaban J connectivity index is 2.01. The van der Waals surface area contributed by atoms with Gasteiger partial charge < -0.3 is 10.6 Å². The Morgan fingerprint density at radius 2 is 2.26 bits per heavy atom. The summed E-state index contributed by atoms with van der Waals surface area (Å²) in [6.07, 6.45) is 2.68. The number of carbonyl (C=O) groups is 1. The van der Waals surface area contributed by atoms with Crippen molar-refractivity contribution in [1.29, 1.82) is 0 Å². The zero-order valence-corrected chi connectivity index (χ0v) is 12.9. The highest BCUT2D eigenvalue weighted by molar-refractivity contribution is 9.10. The fourth-order valence-corrected chi connectivity index (χ4v) is 3.45. The monoisotopic (exact) mass is 324 g/mol. The van der Waals surface area contributed by atoms with Crippen molar-refractivity contribution >= 4 is 21.8 Å². The van der Waals surface area contributed by atoms with Crippen molar-refractivity contribution in [3.63, 3.8) is 0 Å². The quantitative estimate of drug-likeness (QED) is 0.925. The number of benzene rings is 1. The Hall–Kier alpha value is -0.870. The number of halogens is 1. The minimum absolute atomic E-state index is 0.224. The number of likely N-dealkylation sites (tertiary alicyclic amines) is 1. The van der Waals surface area contributed by atoms with Crippen LogP contribution in [0.15, 0.2) is 28.7 Å². The summed E-state index contributed by atoms with van der Waals surface area (Å²) in [5.74, 6) is 0.457. The molecule has 1 aromatic carbocycles. The van der Waals surface area contributed by atoms with Crippen LogP contribution in [0.4, 0.5) is 0 Å². The largest absolute Gasteiger partial charge is 0.338 e. The van der Waals surface area contributed by atoms with Gasteiger partial charge in [0.15, 0.2) is 0 Å². The Kier molecular flexibility index (Phi) is 4.99. The van der Waals surface area contributed by atoms with Gasteiger partial charge in [0.05, 0.1) is 0 Å². The molecular weight excluding hydrogens is 304 g/mol. The molecule has 2 rings (SSSR count). The molecule has 4 heteroatoms. The van der Waals surface area contributed by atoms with Crippen LogP contribution in [0.2, 0.25) is 0 Å². The van der Waals surface area contributed by atoms with Gasteiger partial charge in [-0.2, -0.15) is 0 Å². The van der Waals surface area contributed by atoms with Gasteiger partial charge in [-0.15, -0.1) is 0 Å². The lowest BCUT2D eigenvalue weighted by Crippen LogP contribution is -2.40. The first-order valence-corrected chi connectivity index (χ1v) is 7.66. The molecule has 19 heavy (non-hydrogen) atoms. The van der Waals surface area contributed by atoms with E-state index < -0.39 is 0 Å². The van der Waals surface area contributed by atoms with Crippen LogP contribution in [0, 0.1) is 0 Å². The van der Waals surface area contributed by atoms with E-state index in [1.165, 1.54) is 5.56 Å². The molecule has 3 nitrogen and oxygen atoms in total. The molecule has 1 aliphatic rings. The van der Waals surface area contributed by atoms with Crippen molar-refractivity contribution in [3.05, 3.63) is 34.3 Å². The molecule has 2 N–H and O–H groups in total. The normalized spacial score (nSPS) is 20.6. The zero-order chi connectivity index (χ0) is 13.8. The van der Waals surface area contributed by atoms with Gasteiger partial charge in [-0.25, -0.2) is 0 Å². The standard InChI is InChI=1S/C15H21BrN2O/c1-11(13-6-2-3-7-14(13)16)9-15(19)18-8-4-5-12(18)10-17/h2-3,6-7,11-12H,4-5,8-10,17H2,1H3/t11-,12-/m0/s1. The molecule has 1 heterocycles. The SMILES string of the molecule is C[C@@H](CC(=O)N1CCC[C@H]1CN)c1ccccc1Br. The summed E-state index contributed by atoms with van der Waals surface area (Å²) in [4.78, 5) is 14.3. The Morgan fingerprint density at radius 1 is 1.53 bits per heavy atom. The van der Waals surface area contributed by atoms with Crippen LogP contribution in [0.25, 0.3) is 0 Å². The number of hydrogen-bond donors (Lipinski definition) is 1. The maximum atomic E-state index is 12.4. The summed E-state index contributed by atoms with van der Waals surface area (Å²) in [6, 6.07) is 8.35. The molecule has 104 valence electrons. The summed E-state index contributed by atoms with van der Waals surface area (Å²) >= 11 is 3.55. The van der Waals surface area contributed by atoms with E-state index in [1.54, 1.807) is 0 Å². The third-order valence-corrected chi connectivity index (χ3v) is 4.61. The van der Waals surface area contributed by atoms with Crippen molar-refractivity contribution in [3.8, 4) is 0 Å². The van der Waals surface area contributed by atoms with Crippen LogP contribution in [0.5, 0.6) is 0 Å². The van der Waals surface area contributed by atoms with E-state index in [2.05, 4.69) is 28.9 Å². The fraction of sp³-hybridized carbons (Fsp3) is 0.533. The highest BCUT2D eigenvalue weighted by Crippen LogP contribution is 2.28. The molecule has 1 aromatic rings. The second kappa shape index (κ2) is 6.53. The summed E-state index contributed by atoms with van der Waals surface area (Å²) in [7, 11) is 0. The maximum absolute atomic E-state index is 12.4. The summed E-state index contributed by atoms with van der Waals surface area (Å²) in [5.41, 5.74) is 6.92. The molecule has 0 bridgehead atoms. The number of rotatable bonds is 4. The second-order valence-electron chi connectivity index (χ2n) is 5.25. The molecule has 1 fully saturated rings. The smallest absolute Gasteiger partial charge is 0.223 e. The van der Waals surface area contributed by atoms with E-state index >= 15 is 0 Å². The molecule has 0 unspecified atom stereocenters. The lowest BCUT2D eigenvalue weighted by molar-refractivity contribution is -0.132. The van der Waals surface area contributed by atoms with Gasteiger partial charge in [-0.3, -0.25) is 4.79 Å². The van der Waals surface area contributed by atoms with Gasteiger partial charge in [0.25, 0.3) is 0 Å². The van der Waals surface area contributed by atoms with Crippen molar-refractivity contribution in [2.75, 3.05) is 13.1 Å². The maximum Gasteiger partial charge on any atom is 0.223 e. The third-order valence-electron chi connectivity index (χ3n) is 3.89. The fourth-order valence-electron chi connectivity index (χ4n) is 2.77. The summed E-state index contributed by atoms with van der Waals surface area (Å²) < 4.78 is 1.08. The van der Waals surface area contributed by atoms with Crippen molar-refractivity contribution in [1.82, 2.24) is 4.90 Å². The predicted molar refractivity (Wildman–Crippen MR) is 81.0 cm³/mol. The first-order valence-electron chi connectivity index (χ1n) is 6.87. The van der Waals surface area contributed by atoms with E-state index in [9.17, 15) is 4.79 Å². The molecule has 1 saturated heterocycles. The van der Waals surface area contributed by atoms with Crippen LogP contribution in [-0.2, 0) is 4.79 Å². The number of amides is 1. The lowest BCUT2D eigenvalue weighted by atomic mass is 9.97. The minimum atomic E-state index is 0.224. The highest BCUT2D eigenvalue weighted by atomic mass is 79.9. The first kappa shape index (κ1) is 14.5. The van der Waals surface area contributed by atoms with Gasteiger partial charge >= 0.3 is 0 Å². The minimum Gasteiger partial charge on any atom is -0.338 e. The highest BCUT2D eigenvalue weighted by Gasteiger charge is 2.28. The van der Waals surface area contributed by atoms with Crippen LogP contribution >= 0.6 is 15.9 Å². The lowest BCUT2D eigenvalue weighted by Gasteiger charge is -2.25.